The highest BCUT2D eigenvalue weighted by atomic mass is 79.9. The molecular weight excluding hydrogens is 318 g/mol. The predicted octanol–water partition coefficient (Wildman–Crippen LogP) is 3.16. The van der Waals surface area contributed by atoms with Crippen molar-refractivity contribution in [3.63, 3.8) is 0 Å². The van der Waals surface area contributed by atoms with Crippen LogP contribution in [0.15, 0.2) is 53.0 Å². The number of hydrogen-bond acceptors (Lipinski definition) is 3. The maximum Gasteiger partial charge on any atom is 0.161 e. The van der Waals surface area contributed by atoms with Gasteiger partial charge < -0.3 is 15.2 Å². The Kier molecular flexibility index (Phi) is 3.94. The van der Waals surface area contributed by atoms with Crippen LogP contribution in [-0.2, 0) is 6.42 Å². The Morgan fingerprint density at radius 3 is 2.75 bits per heavy atom. The Labute approximate surface area is 126 Å². The van der Waals surface area contributed by atoms with Crippen molar-refractivity contribution in [2.45, 2.75) is 18.6 Å². The quantitative estimate of drug-likeness (QED) is 0.938. The van der Waals surface area contributed by atoms with Gasteiger partial charge in [0.25, 0.3) is 0 Å². The summed E-state index contributed by atoms with van der Waals surface area (Å²) in [5.74, 6) is 1.56. The summed E-state index contributed by atoms with van der Waals surface area (Å²) < 4.78 is 12.7. The molecule has 0 saturated heterocycles. The van der Waals surface area contributed by atoms with Crippen LogP contribution in [0.4, 0.5) is 0 Å². The standard InChI is InChI=1S/C16H16BrNO2/c17-12-5-3-4-11(8-12)9-13(18)16-10-19-14-6-1-2-7-15(14)20-16/h1-8,13,16H,9-10,18H2. The Balaban J connectivity index is 1.68. The van der Waals surface area contributed by atoms with E-state index >= 15 is 0 Å². The second-order valence-corrected chi connectivity index (χ2v) is 5.83. The van der Waals surface area contributed by atoms with Gasteiger partial charge in [-0.2, -0.15) is 0 Å². The fraction of sp³-hybridized carbons (Fsp3) is 0.250. The maximum absolute atomic E-state index is 6.27. The summed E-state index contributed by atoms with van der Waals surface area (Å²) in [7, 11) is 0. The van der Waals surface area contributed by atoms with Crippen LogP contribution in [0, 0.1) is 0 Å². The zero-order chi connectivity index (χ0) is 13.9. The summed E-state index contributed by atoms with van der Waals surface area (Å²) in [4.78, 5) is 0. The van der Waals surface area contributed by atoms with E-state index in [1.165, 1.54) is 5.56 Å². The summed E-state index contributed by atoms with van der Waals surface area (Å²) in [5.41, 5.74) is 7.46. The molecule has 1 aliphatic rings. The lowest BCUT2D eigenvalue weighted by atomic mass is 10.0. The number of fused-ring (bicyclic) bond motifs is 1. The third-order valence-corrected chi connectivity index (χ3v) is 3.86. The van der Waals surface area contributed by atoms with Gasteiger partial charge in [-0.25, -0.2) is 0 Å². The van der Waals surface area contributed by atoms with Crippen molar-refractivity contribution in [2.75, 3.05) is 6.61 Å². The minimum Gasteiger partial charge on any atom is -0.486 e. The monoisotopic (exact) mass is 333 g/mol. The van der Waals surface area contributed by atoms with Gasteiger partial charge in [-0.05, 0) is 36.2 Å². The van der Waals surface area contributed by atoms with Gasteiger partial charge in [-0.1, -0.05) is 40.2 Å². The molecule has 3 rings (SSSR count). The molecule has 2 aromatic carbocycles. The summed E-state index contributed by atoms with van der Waals surface area (Å²) in [5, 5.41) is 0. The van der Waals surface area contributed by atoms with Gasteiger partial charge in [-0.15, -0.1) is 0 Å². The maximum atomic E-state index is 6.27. The second-order valence-electron chi connectivity index (χ2n) is 4.91. The van der Waals surface area contributed by atoms with Crippen LogP contribution in [0.5, 0.6) is 11.5 Å². The summed E-state index contributed by atoms with van der Waals surface area (Å²) in [6.45, 7) is 0.492. The first-order chi connectivity index (χ1) is 9.72. The highest BCUT2D eigenvalue weighted by molar-refractivity contribution is 9.10. The average molecular weight is 334 g/mol. The third-order valence-electron chi connectivity index (χ3n) is 3.37. The molecule has 0 amide bonds. The van der Waals surface area contributed by atoms with Gasteiger partial charge in [0.05, 0.1) is 0 Å². The summed E-state index contributed by atoms with van der Waals surface area (Å²) >= 11 is 3.47. The first-order valence-electron chi connectivity index (χ1n) is 6.61. The molecule has 20 heavy (non-hydrogen) atoms. The lowest BCUT2D eigenvalue weighted by molar-refractivity contribution is 0.0723. The number of hydrogen-bond donors (Lipinski definition) is 1. The smallest absolute Gasteiger partial charge is 0.161 e. The Hall–Kier alpha value is -1.52. The zero-order valence-electron chi connectivity index (χ0n) is 11.0. The van der Waals surface area contributed by atoms with E-state index in [0.717, 1.165) is 22.4 Å². The fourth-order valence-electron chi connectivity index (χ4n) is 2.31. The Morgan fingerprint density at radius 1 is 1.15 bits per heavy atom. The average Bonchev–Trinajstić information content (AvgIpc) is 2.47. The van der Waals surface area contributed by atoms with Crippen LogP contribution in [-0.4, -0.2) is 18.8 Å². The summed E-state index contributed by atoms with van der Waals surface area (Å²) in [6.07, 6.45) is 0.638. The second kappa shape index (κ2) is 5.85. The van der Waals surface area contributed by atoms with Crippen LogP contribution >= 0.6 is 15.9 Å². The highest BCUT2D eigenvalue weighted by Gasteiger charge is 2.26. The van der Waals surface area contributed by atoms with Gasteiger partial charge >= 0.3 is 0 Å². The molecule has 0 saturated carbocycles. The van der Waals surface area contributed by atoms with Crippen molar-refractivity contribution in [3.05, 3.63) is 58.6 Å². The highest BCUT2D eigenvalue weighted by Crippen LogP contribution is 2.31. The van der Waals surface area contributed by atoms with E-state index < -0.39 is 0 Å². The Morgan fingerprint density at radius 2 is 1.95 bits per heavy atom. The van der Waals surface area contributed by atoms with Crippen LogP contribution in [0.25, 0.3) is 0 Å². The van der Waals surface area contributed by atoms with Gasteiger partial charge in [0.15, 0.2) is 11.5 Å². The molecule has 2 N–H and O–H groups in total. The number of halogens is 1. The number of para-hydroxylation sites is 2. The number of nitrogens with two attached hydrogens (primary N) is 1. The molecule has 1 heterocycles. The first kappa shape index (κ1) is 13.5. The molecule has 0 fully saturated rings. The first-order valence-corrected chi connectivity index (χ1v) is 7.40. The predicted molar refractivity (Wildman–Crippen MR) is 82.2 cm³/mol. The Bertz CT molecular complexity index is 603. The molecule has 3 nitrogen and oxygen atoms in total. The van der Waals surface area contributed by atoms with Crippen LogP contribution in [0.1, 0.15) is 5.56 Å². The van der Waals surface area contributed by atoms with E-state index in [9.17, 15) is 0 Å². The minimum absolute atomic E-state index is 0.0994. The van der Waals surface area contributed by atoms with Gasteiger partial charge in [0.1, 0.15) is 12.7 Å². The molecule has 0 aliphatic carbocycles. The number of rotatable bonds is 3. The molecule has 0 radical (unpaired) electrons. The van der Waals surface area contributed by atoms with E-state index in [2.05, 4.69) is 28.1 Å². The van der Waals surface area contributed by atoms with E-state index in [1.807, 2.05) is 36.4 Å². The third kappa shape index (κ3) is 2.97. The fourth-order valence-corrected chi connectivity index (χ4v) is 2.76. The molecule has 2 atom stereocenters. The lowest BCUT2D eigenvalue weighted by Gasteiger charge is -2.30. The molecule has 2 aromatic rings. The van der Waals surface area contributed by atoms with Crippen LogP contribution < -0.4 is 15.2 Å². The van der Waals surface area contributed by atoms with E-state index in [1.54, 1.807) is 0 Å². The van der Waals surface area contributed by atoms with Crippen molar-refractivity contribution in [1.29, 1.82) is 0 Å². The number of benzene rings is 2. The molecule has 4 heteroatoms. The minimum atomic E-state index is -0.121. The van der Waals surface area contributed by atoms with E-state index in [4.69, 9.17) is 15.2 Å². The zero-order valence-corrected chi connectivity index (χ0v) is 12.5. The number of ether oxygens (including phenoxy) is 2. The van der Waals surface area contributed by atoms with Crippen molar-refractivity contribution in [3.8, 4) is 11.5 Å². The largest absolute Gasteiger partial charge is 0.486 e. The molecule has 0 aromatic heterocycles. The SMILES string of the molecule is NC(Cc1cccc(Br)c1)C1COc2ccccc2O1. The molecule has 0 bridgehead atoms. The van der Waals surface area contributed by atoms with Crippen molar-refractivity contribution in [2.24, 2.45) is 5.73 Å². The van der Waals surface area contributed by atoms with Crippen molar-refractivity contribution >= 4 is 15.9 Å². The van der Waals surface area contributed by atoms with Crippen LogP contribution in [0.3, 0.4) is 0 Å². The summed E-state index contributed by atoms with van der Waals surface area (Å²) in [6, 6.07) is 15.8. The topological polar surface area (TPSA) is 44.5 Å². The molecule has 104 valence electrons. The molecule has 1 aliphatic heterocycles. The van der Waals surface area contributed by atoms with Crippen molar-refractivity contribution in [1.82, 2.24) is 0 Å². The van der Waals surface area contributed by atoms with Crippen molar-refractivity contribution < 1.29 is 9.47 Å². The molecular formula is C16H16BrNO2. The van der Waals surface area contributed by atoms with Gasteiger partial charge in [0, 0.05) is 10.5 Å². The normalized spacial score (nSPS) is 18.6. The van der Waals surface area contributed by atoms with Crippen LogP contribution in [0.2, 0.25) is 0 Å². The van der Waals surface area contributed by atoms with Gasteiger partial charge in [0.2, 0.25) is 0 Å². The lowest BCUT2D eigenvalue weighted by Crippen LogP contribution is -2.46. The molecule has 2 unspecified atom stereocenters. The van der Waals surface area contributed by atoms with Gasteiger partial charge in [-0.3, -0.25) is 0 Å². The van der Waals surface area contributed by atoms with E-state index in [-0.39, 0.29) is 12.1 Å². The molecule has 0 spiro atoms. The van der Waals surface area contributed by atoms with E-state index in [0.29, 0.717) is 6.61 Å².